The number of benzene rings is 1. The lowest BCUT2D eigenvalue weighted by atomic mass is 10.2. The zero-order valence-corrected chi connectivity index (χ0v) is 11.6. The van der Waals surface area contributed by atoms with E-state index in [-0.39, 0.29) is 11.6 Å². The number of nitrogens with zero attached hydrogens (tertiary/aromatic N) is 3. The standard InChI is InChI=1S/C11H8Cl2F3N3O/c1-18-9(11(14,15)16)17-19(10(18)20)5-6-2-3-7(12)8(13)4-6/h2-4H,5H2,1H3. The lowest BCUT2D eigenvalue weighted by Gasteiger charge is -2.03. The molecule has 108 valence electrons. The van der Waals surface area contributed by atoms with Crippen molar-refractivity contribution in [2.75, 3.05) is 0 Å². The topological polar surface area (TPSA) is 39.8 Å². The average Bonchev–Trinajstić information content (AvgIpc) is 2.62. The largest absolute Gasteiger partial charge is 0.451 e. The molecule has 0 atom stereocenters. The molecule has 0 aliphatic carbocycles. The molecule has 0 amide bonds. The Morgan fingerprint density at radius 1 is 1.25 bits per heavy atom. The smallest absolute Gasteiger partial charge is 0.274 e. The summed E-state index contributed by atoms with van der Waals surface area (Å²) >= 11 is 11.5. The molecule has 0 N–H and O–H groups in total. The van der Waals surface area contributed by atoms with Gasteiger partial charge in [0, 0.05) is 7.05 Å². The van der Waals surface area contributed by atoms with Crippen LogP contribution in [0.1, 0.15) is 11.4 Å². The van der Waals surface area contributed by atoms with Gasteiger partial charge in [0.25, 0.3) is 0 Å². The first kappa shape index (κ1) is 14.9. The Hall–Kier alpha value is -1.47. The van der Waals surface area contributed by atoms with Crippen molar-refractivity contribution in [3.63, 3.8) is 0 Å². The minimum absolute atomic E-state index is 0.125. The lowest BCUT2D eigenvalue weighted by molar-refractivity contribution is -0.147. The van der Waals surface area contributed by atoms with Crippen LogP contribution in [0.5, 0.6) is 0 Å². The fourth-order valence-electron chi connectivity index (χ4n) is 1.65. The molecule has 0 spiro atoms. The highest BCUT2D eigenvalue weighted by Crippen LogP contribution is 2.26. The highest BCUT2D eigenvalue weighted by atomic mass is 35.5. The van der Waals surface area contributed by atoms with E-state index < -0.39 is 17.7 Å². The second-order valence-electron chi connectivity index (χ2n) is 4.07. The molecule has 0 bridgehead atoms. The summed E-state index contributed by atoms with van der Waals surface area (Å²) in [5.41, 5.74) is -0.336. The summed E-state index contributed by atoms with van der Waals surface area (Å²) in [7, 11) is 1.02. The Bertz CT molecular complexity index is 706. The van der Waals surface area contributed by atoms with Crippen LogP contribution in [-0.2, 0) is 19.8 Å². The first-order chi connectivity index (χ1) is 9.20. The number of hydrogen-bond acceptors (Lipinski definition) is 2. The van der Waals surface area contributed by atoms with Gasteiger partial charge in [0.2, 0.25) is 5.82 Å². The van der Waals surface area contributed by atoms with Crippen LogP contribution in [0.2, 0.25) is 10.0 Å². The molecule has 0 saturated carbocycles. The number of alkyl halides is 3. The maximum atomic E-state index is 12.6. The molecule has 1 aromatic carbocycles. The van der Waals surface area contributed by atoms with E-state index in [1.54, 1.807) is 6.07 Å². The van der Waals surface area contributed by atoms with E-state index in [0.29, 0.717) is 15.2 Å². The second kappa shape index (κ2) is 5.14. The molecule has 1 heterocycles. The quantitative estimate of drug-likeness (QED) is 0.851. The first-order valence-corrected chi connectivity index (χ1v) is 6.10. The molecule has 9 heteroatoms. The summed E-state index contributed by atoms with van der Waals surface area (Å²) in [5.74, 6) is -1.25. The van der Waals surface area contributed by atoms with Crippen LogP contribution in [0, 0.1) is 0 Å². The molecular formula is C11H8Cl2F3N3O. The van der Waals surface area contributed by atoms with Gasteiger partial charge in [-0.3, -0.25) is 4.57 Å². The molecule has 2 rings (SSSR count). The molecule has 0 saturated heterocycles. The van der Waals surface area contributed by atoms with Gasteiger partial charge in [0.1, 0.15) is 0 Å². The van der Waals surface area contributed by atoms with Gasteiger partial charge < -0.3 is 0 Å². The van der Waals surface area contributed by atoms with Crippen molar-refractivity contribution < 1.29 is 13.2 Å². The van der Waals surface area contributed by atoms with E-state index in [2.05, 4.69) is 5.10 Å². The van der Waals surface area contributed by atoms with Crippen molar-refractivity contribution in [2.45, 2.75) is 12.7 Å². The molecule has 4 nitrogen and oxygen atoms in total. The van der Waals surface area contributed by atoms with Gasteiger partial charge in [0.05, 0.1) is 16.6 Å². The highest BCUT2D eigenvalue weighted by molar-refractivity contribution is 6.42. The fraction of sp³-hybridized carbons (Fsp3) is 0.273. The van der Waals surface area contributed by atoms with Crippen molar-refractivity contribution >= 4 is 23.2 Å². The Morgan fingerprint density at radius 3 is 2.40 bits per heavy atom. The predicted molar refractivity (Wildman–Crippen MR) is 68.0 cm³/mol. The lowest BCUT2D eigenvalue weighted by Crippen LogP contribution is -2.24. The SMILES string of the molecule is Cn1c(C(F)(F)F)nn(Cc2ccc(Cl)c(Cl)c2)c1=O. The van der Waals surface area contributed by atoms with Crippen LogP contribution in [-0.4, -0.2) is 14.3 Å². The van der Waals surface area contributed by atoms with E-state index in [0.717, 1.165) is 11.7 Å². The van der Waals surface area contributed by atoms with Crippen LogP contribution in [0.3, 0.4) is 0 Å². The molecule has 0 aliphatic heterocycles. The van der Waals surface area contributed by atoms with E-state index >= 15 is 0 Å². The third kappa shape index (κ3) is 2.83. The molecule has 1 aromatic heterocycles. The molecule has 0 unspecified atom stereocenters. The number of rotatable bonds is 2. The second-order valence-corrected chi connectivity index (χ2v) is 4.88. The molecule has 0 radical (unpaired) electrons. The van der Waals surface area contributed by atoms with Crippen molar-refractivity contribution in [3.05, 3.63) is 50.1 Å². The number of hydrogen-bond donors (Lipinski definition) is 0. The van der Waals surface area contributed by atoms with Gasteiger partial charge in [-0.25, -0.2) is 9.48 Å². The van der Waals surface area contributed by atoms with Crippen LogP contribution in [0.4, 0.5) is 13.2 Å². The Morgan fingerprint density at radius 2 is 1.90 bits per heavy atom. The monoisotopic (exact) mass is 325 g/mol. The maximum Gasteiger partial charge on any atom is 0.451 e. The van der Waals surface area contributed by atoms with Gasteiger partial charge >= 0.3 is 11.9 Å². The maximum absolute atomic E-state index is 12.6. The van der Waals surface area contributed by atoms with Gasteiger partial charge in [-0.2, -0.15) is 13.2 Å². The van der Waals surface area contributed by atoms with E-state index in [1.807, 2.05) is 0 Å². The molecule has 0 fully saturated rings. The average molecular weight is 326 g/mol. The zero-order valence-electron chi connectivity index (χ0n) is 10.1. The van der Waals surface area contributed by atoms with Crippen molar-refractivity contribution in [1.29, 1.82) is 0 Å². The van der Waals surface area contributed by atoms with Gasteiger partial charge in [-0.05, 0) is 17.7 Å². The van der Waals surface area contributed by atoms with Crippen molar-refractivity contribution in [3.8, 4) is 0 Å². The molecule has 2 aromatic rings. The number of halogens is 5. The van der Waals surface area contributed by atoms with Crippen molar-refractivity contribution in [2.24, 2.45) is 7.05 Å². The number of aromatic nitrogens is 3. The van der Waals surface area contributed by atoms with E-state index in [1.165, 1.54) is 12.1 Å². The molecular weight excluding hydrogens is 318 g/mol. The minimum atomic E-state index is -4.68. The Labute approximate surface area is 121 Å². The molecule has 20 heavy (non-hydrogen) atoms. The predicted octanol–water partition coefficient (Wildman–Crippen LogP) is 2.96. The van der Waals surface area contributed by atoms with Crippen LogP contribution in [0.15, 0.2) is 23.0 Å². The summed E-state index contributed by atoms with van der Waals surface area (Å²) in [5, 5.41) is 3.87. The first-order valence-electron chi connectivity index (χ1n) is 5.35. The van der Waals surface area contributed by atoms with E-state index in [4.69, 9.17) is 23.2 Å². The third-order valence-corrected chi connectivity index (χ3v) is 3.35. The third-order valence-electron chi connectivity index (χ3n) is 2.61. The Kier molecular flexibility index (Phi) is 3.84. The summed E-state index contributed by atoms with van der Waals surface area (Å²) < 4.78 is 39.1. The minimum Gasteiger partial charge on any atom is -0.274 e. The zero-order chi connectivity index (χ0) is 15.1. The summed E-state index contributed by atoms with van der Waals surface area (Å²) in [6.07, 6.45) is -4.68. The molecule has 0 aliphatic rings. The van der Waals surface area contributed by atoms with Gasteiger partial charge in [-0.1, -0.05) is 29.3 Å². The van der Waals surface area contributed by atoms with Crippen LogP contribution in [0.25, 0.3) is 0 Å². The Balaban J connectivity index is 2.40. The van der Waals surface area contributed by atoms with E-state index in [9.17, 15) is 18.0 Å². The summed E-state index contributed by atoms with van der Waals surface area (Å²) in [4.78, 5) is 11.7. The summed E-state index contributed by atoms with van der Waals surface area (Å²) in [6, 6.07) is 4.53. The van der Waals surface area contributed by atoms with Crippen LogP contribution < -0.4 is 5.69 Å². The van der Waals surface area contributed by atoms with Gasteiger partial charge in [0.15, 0.2) is 0 Å². The van der Waals surface area contributed by atoms with Gasteiger partial charge in [-0.15, -0.1) is 5.10 Å². The fourth-order valence-corrected chi connectivity index (χ4v) is 1.97. The highest BCUT2D eigenvalue weighted by Gasteiger charge is 2.37. The van der Waals surface area contributed by atoms with Crippen LogP contribution >= 0.6 is 23.2 Å². The summed E-state index contributed by atoms with van der Waals surface area (Å²) in [6.45, 7) is -0.125. The van der Waals surface area contributed by atoms with Crippen molar-refractivity contribution in [1.82, 2.24) is 14.3 Å². The normalized spacial score (nSPS) is 11.9.